The maximum atomic E-state index is 14.5. The molecular weight excluding hydrogens is 457 g/mol. The molecule has 10 heteroatoms. The summed E-state index contributed by atoms with van der Waals surface area (Å²) >= 11 is 0. The van der Waals surface area contributed by atoms with Crippen LogP contribution in [0.25, 0.3) is 11.0 Å². The molecule has 0 unspecified atom stereocenters. The molecule has 182 valence electrons. The third-order valence-electron chi connectivity index (χ3n) is 7.50. The number of furan rings is 1. The molecule has 1 aliphatic carbocycles. The zero-order chi connectivity index (χ0) is 24.5. The molecule has 5 rings (SSSR count). The van der Waals surface area contributed by atoms with Crippen molar-refractivity contribution in [2.75, 3.05) is 29.4 Å². The number of anilines is 2. The van der Waals surface area contributed by atoms with Gasteiger partial charge in [0.25, 0.3) is 0 Å². The number of amides is 3. The van der Waals surface area contributed by atoms with E-state index in [4.69, 9.17) is 4.42 Å². The number of rotatable bonds is 4. The van der Waals surface area contributed by atoms with Gasteiger partial charge >= 0.3 is 6.03 Å². The minimum atomic E-state index is -1.11. The molecule has 0 saturated heterocycles. The molecule has 2 aromatic heterocycles. The number of fused-ring (bicyclic) bond motifs is 2. The van der Waals surface area contributed by atoms with Crippen molar-refractivity contribution >= 4 is 44.4 Å². The zero-order valence-electron chi connectivity index (χ0n) is 20.0. The monoisotopic (exact) mass is 487 g/mol. The zero-order valence-corrected chi connectivity index (χ0v) is 20.9. The Labute approximate surface area is 199 Å². The summed E-state index contributed by atoms with van der Waals surface area (Å²) < 4.78 is 19.6. The van der Waals surface area contributed by atoms with Crippen molar-refractivity contribution in [2.24, 2.45) is 0 Å². The van der Waals surface area contributed by atoms with Crippen molar-refractivity contribution in [3.8, 4) is 0 Å². The maximum absolute atomic E-state index is 14.5. The van der Waals surface area contributed by atoms with Crippen molar-refractivity contribution in [3.63, 3.8) is 0 Å². The van der Waals surface area contributed by atoms with Crippen LogP contribution in [-0.2, 0) is 16.9 Å². The molecule has 3 heterocycles. The fourth-order valence-corrected chi connectivity index (χ4v) is 7.20. The lowest BCUT2D eigenvalue weighted by Gasteiger charge is -2.53. The van der Waals surface area contributed by atoms with E-state index >= 15 is 0 Å². The number of carbonyl (C=O) groups excluding carboxylic acids is 2. The minimum Gasteiger partial charge on any atom is -0.462 e. The van der Waals surface area contributed by atoms with Crippen molar-refractivity contribution in [3.05, 3.63) is 41.5 Å². The quantitative estimate of drug-likeness (QED) is 0.474. The standard InChI is InChI=1S/C24H30FN5O3S/c1-23(2)19-15(20(29-28-19)27-21(31)24(10-6-11-24)34(3,4)5)13-30(23)22(32)26-17-16(25)8-7-14-9-12-33-18(14)17/h7-9,12H,6,10-11,13H2,1-5H3,(H,26,32)(H2,27,28,29,31). The molecule has 0 spiro atoms. The molecule has 1 aromatic carbocycles. The number of nitrogens with zero attached hydrogens (tertiary/aromatic N) is 2. The van der Waals surface area contributed by atoms with Crippen LogP contribution in [-0.4, -0.2) is 50.5 Å². The maximum Gasteiger partial charge on any atom is 0.323 e. The number of hydrogen-bond donors (Lipinski definition) is 3. The van der Waals surface area contributed by atoms with Crippen LogP contribution in [0.2, 0.25) is 0 Å². The molecule has 2 aliphatic rings. The van der Waals surface area contributed by atoms with Gasteiger partial charge < -0.3 is 20.0 Å². The number of aromatic nitrogens is 2. The molecule has 1 aliphatic heterocycles. The average Bonchev–Trinajstić information content (AvgIpc) is 3.38. The van der Waals surface area contributed by atoms with Gasteiger partial charge in [-0.25, -0.2) is 19.2 Å². The van der Waals surface area contributed by atoms with Gasteiger partial charge in [-0.05, 0) is 70.1 Å². The third kappa shape index (κ3) is 3.22. The normalized spacial score (nSPS) is 18.9. The van der Waals surface area contributed by atoms with Crippen molar-refractivity contribution < 1.29 is 18.4 Å². The first-order valence-electron chi connectivity index (χ1n) is 11.3. The summed E-state index contributed by atoms with van der Waals surface area (Å²) in [5.41, 5.74) is 1.07. The second kappa shape index (κ2) is 7.49. The van der Waals surface area contributed by atoms with Gasteiger partial charge in [0.2, 0.25) is 5.91 Å². The largest absolute Gasteiger partial charge is 0.462 e. The van der Waals surface area contributed by atoms with E-state index in [0.29, 0.717) is 11.2 Å². The summed E-state index contributed by atoms with van der Waals surface area (Å²) in [5.74, 6) is -0.114. The second-order valence-corrected chi connectivity index (χ2v) is 14.9. The molecule has 3 amide bonds. The van der Waals surface area contributed by atoms with Gasteiger partial charge in [0.15, 0.2) is 17.2 Å². The predicted octanol–water partition coefficient (Wildman–Crippen LogP) is 5.13. The topological polar surface area (TPSA) is 103 Å². The summed E-state index contributed by atoms with van der Waals surface area (Å²) in [6, 6.07) is 4.15. The van der Waals surface area contributed by atoms with Gasteiger partial charge in [0.1, 0.15) is 5.69 Å². The lowest BCUT2D eigenvalue weighted by molar-refractivity contribution is -0.120. The minimum absolute atomic E-state index is 0.00262. The van der Waals surface area contributed by atoms with Crippen molar-refractivity contribution in [1.82, 2.24) is 15.1 Å². The average molecular weight is 488 g/mol. The van der Waals surface area contributed by atoms with Crippen LogP contribution in [0.3, 0.4) is 0 Å². The predicted molar refractivity (Wildman–Crippen MR) is 133 cm³/mol. The van der Waals surface area contributed by atoms with E-state index < -0.39 is 27.4 Å². The molecule has 34 heavy (non-hydrogen) atoms. The Hall–Kier alpha value is -3.01. The number of nitrogens with one attached hydrogen (secondary N) is 3. The van der Waals surface area contributed by atoms with Crippen LogP contribution in [0.5, 0.6) is 0 Å². The van der Waals surface area contributed by atoms with Crippen LogP contribution in [0.4, 0.5) is 20.7 Å². The van der Waals surface area contributed by atoms with Crippen molar-refractivity contribution in [2.45, 2.75) is 49.9 Å². The van der Waals surface area contributed by atoms with Gasteiger partial charge in [-0.2, -0.15) is 5.10 Å². The van der Waals surface area contributed by atoms with E-state index in [0.717, 1.165) is 30.5 Å². The Morgan fingerprint density at radius 3 is 2.56 bits per heavy atom. The van der Waals surface area contributed by atoms with Gasteiger partial charge in [-0.3, -0.25) is 9.89 Å². The number of halogens is 1. The highest BCUT2D eigenvalue weighted by atomic mass is 32.3. The first-order valence-corrected chi connectivity index (χ1v) is 14.1. The Balaban J connectivity index is 1.39. The lowest BCUT2D eigenvalue weighted by atomic mass is 9.83. The molecule has 1 fully saturated rings. The summed E-state index contributed by atoms with van der Waals surface area (Å²) in [7, 11) is -1.11. The fourth-order valence-electron chi connectivity index (χ4n) is 5.08. The molecule has 3 aromatic rings. The summed E-state index contributed by atoms with van der Waals surface area (Å²) in [6.45, 7) is 4.00. The van der Waals surface area contributed by atoms with Crippen LogP contribution < -0.4 is 10.6 Å². The van der Waals surface area contributed by atoms with Gasteiger partial charge in [0, 0.05) is 10.9 Å². The molecule has 3 N–H and O–H groups in total. The highest BCUT2D eigenvalue weighted by Gasteiger charge is 2.51. The van der Waals surface area contributed by atoms with Crippen LogP contribution >= 0.6 is 10.0 Å². The summed E-state index contributed by atoms with van der Waals surface area (Å²) in [6.07, 6.45) is 10.8. The van der Waals surface area contributed by atoms with Gasteiger partial charge in [-0.15, -0.1) is 0 Å². The number of H-pyrrole nitrogens is 1. The van der Waals surface area contributed by atoms with Gasteiger partial charge in [0.05, 0.1) is 28.8 Å². The Morgan fingerprint density at radius 1 is 1.18 bits per heavy atom. The number of hydrogen-bond acceptors (Lipinski definition) is 4. The number of urea groups is 1. The fraction of sp³-hybridized carbons (Fsp3) is 0.458. The molecular formula is C24H30FN5O3S. The lowest BCUT2D eigenvalue weighted by Crippen LogP contribution is -2.51. The van der Waals surface area contributed by atoms with E-state index in [1.165, 1.54) is 12.3 Å². The Kier molecular flexibility index (Phi) is 5.02. The molecule has 0 radical (unpaired) electrons. The Bertz CT molecular complexity index is 1300. The first-order chi connectivity index (χ1) is 16.0. The SMILES string of the molecule is CC1(C)c2[nH]nc(NC(=O)C3(S(C)(C)C)CCC3)c2CN1C(=O)Nc1c(F)ccc2ccoc12. The van der Waals surface area contributed by atoms with E-state index in [-0.39, 0.29) is 28.5 Å². The van der Waals surface area contributed by atoms with Crippen molar-refractivity contribution in [1.29, 1.82) is 0 Å². The third-order valence-corrected chi connectivity index (χ3v) is 10.4. The molecule has 8 nitrogen and oxygen atoms in total. The van der Waals surface area contributed by atoms with E-state index in [1.807, 2.05) is 13.8 Å². The number of aromatic amines is 1. The highest BCUT2D eigenvalue weighted by Crippen LogP contribution is 2.60. The second-order valence-electron chi connectivity index (χ2n) is 10.4. The Morgan fingerprint density at radius 2 is 1.91 bits per heavy atom. The summed E-state index contributed by atoms with van der Waals surface area (Å²) in [4.78, 5) is 28.2. The van der Waals surface area contributed by atoms with Crippen LogP contribution in [0, 0.1) is 5.82 Å². The van der Waals surface area contributed by atoms with E-state index in [9.17, 15) is 14.0 Å². The van der Waals surface area contributed by atoms with Gasteiger partial charge in [-0.1, -0.05) is 0 Å². The highest BCUT2D eigenvalue weighted by molar-refractivity contribution is 8.33. The number of carbonyl (C=O) groups is 2. The molecule has 1 saturated carbocycles. The molecule has 0 bridgehead atoms. The summed E-state index contributed by atoms with van der Waals surface area (Å²) in [5, 5.41) is 13.8. The first kappa shape index (κ1) is 22.8. The van der Waals surface area contributed by atoms with Crippen LogP contribution in [0.15, 0.2) is 28.9 Å². The number of benzene rings is 1. The smallest absolute Gasteiger partial charge is 0.323 e. The van der Waals surface area contributed by atoms with Crippen LogP contribution in [0.1, 0.15) is 44.4 Å². The molecule has 0 atom stereocenters. The van der Waals surface area contributed by atoms with E-state index in [2.05, 4.69) is 39.6 Å². The van der Waals surface area contributed by atoms with E-state index in [1.54, 1.807) is 17.0 Å².